The van der Waals surface area contributed by atoms with Gasteiger partial charge in [0.15, 0.2) is 33.6 Å². The molecule has 2 fully saturated rings. The number of nitrogens with two attached hydrogens (primary N) is 1. The Morgan fingerprint density at radius 2 is 1.91 bits per heavy atom. The third kappa shape index (κ3) is 3.52. The van der Waals surface area contributed by atoms with Gasteiger partial charge >= 0.3 is 0 Å². The lowest BCUT2D eigenvalue weighted by atomic mass is 9.88. The number of aromatic nitrogens is 4. The van der Waals surface area contributed by atoms with Gasteiger partial charge in [-0.3, -0.25) is 0 Å². The van der Waals surface area contributed by atoms with E-state index in [0.29, 0.717) is 11.3 Å². The average molecular weight is 517 g/mol. The van der Waals surface area contributed by atoms with Crippen LogP contribution < -0.4 is 15.2 Å². The van der Waals surface area contributed by atoms with E-state index in [1.54, 1.807) is 11.8 Å². The third-order valence-electron chi connectivity index (χ3n) is 7.11. The van der Waals surface area contributed by atoms with Crippen LogP contribution in [0, 0.1) is 5.92 Å². The van der Waals surface area contributed by atoms with E-state index in [9.17, 15) is 0 Å². The number of halogens is 1. The summed E-state index contributed by atoms with van der Waals surface area (Å²) in [5.41, 5.74) is 7.61. The quantitative estimate of drug-likeness (QED) is 0.536. The molecule has 168 valence electrons. The number of ether oxygens (including phenoxy) is 2. The number of rotatable bonds is 5. The van der Waals surface area contributed by atoms with Crippen molar-refractivity contribution in [2.45, 2.75) is 60.8 Å². The molecule has 2 bridgehead atoms. The Morgan fingerprint density at radius 3 is 2.69 bits per heavy atom. The van der Waals surface area contributed by atoms with Crippen molar-refractivity contribution in [1.29, 1.82) is 0 Å². The van der Waals surface area contributed by atoms with Gasteiger partial charge in [0, 0.05) is 28.0 Å². The Bertz CT molecular complexity index is 1170. The highest BCUT2D eigenvalue weighted by atomic mass is 79.9. The maximum atomic E-state index is 6.15. The number of aryl methyl sites for hydroxylation is 1. The molecule has 8 nitrogen and oxygen atoms in total. The number of hydrogen-bond donors (Lipinski definition) is 1. The van der Waals surface area contributed by atoms with Crippen molar-refractivity contribution in [2.75, 3.05) is 19.6 Å². The van der Waals surface area contributed by atoms with Crippen molar-refractivity contribution in [3.63, 3.8) is 0 Å². The van der Waals surface area contributed by atoms with Crippen molar-refractivity contribution in [3.05, 3.63) is 22.9 Å². The molecule has 32 heavy (non-hydrogen) atoms. The number of nitrogen functional groups attached to an aromatic ring is 1. The molecule has 0 aliphatic carbocycles. The van der Waals surface area contributed by atoms with Gasteiger partial charge in [-0.25, -0.2) is 15.0 Å². The van der Waals surface area contributed by atoms with E-state index in [-0.39, 0.29) is 6.79 Å². The number of fused-ring (bicyclic) bond motifs is 4. The average Bonchev–Trinajstić information content (AvgIpc) is 3.41. The lowest BCUT2D eigenvalue weighted by Crippen LogP contribution is -2.40. The van der Waals surface area contributed by atoms with Crippen LogP contribution in [0.1, 0.15) is 32.1 Å². The van der Waals surface area contributed by atoms with Gasteiger partial charge in [0.05, 0.1) is 0 Å². The van der Waals surface area contributed by atoms with Gasteiger partial charge in [-0.2, -0.15) is 0 Å². The minimum atomic E-state index is 0.249. The molecule has 2 saturated heterocycles. The summed E-state index contributed by atoms with van der Waals surface area (Å²) in [5.74, 6) is 2.65. The Balaban J connectivity index is 1.30. The van der Waals surface area contributed by atoms with Crippen molar-refractivity contribution in [3.8, 4) is 11.5 Å². The molecule has 6 rings (SSSR count). The van der Waals surface area contributed by atoms with Crippen LogP contribution in [0.25, 0.3) is 11.2 Å². The SMILES string of the molecule is CN1[C@@H]2CC[C@H]1CC(CCn1c(Sc3cc4c(cc3Br)OCO4)nc3c(N)ncnc31)C2. The number of piperidine rings is 1. The second-order valence-corrected chi connectivity index (χ2v) is 10.8. The van der Waals surface area contributed by atoms with Crippen LogP contribution in [0.4, 0.5) is 5.82 Å². The largest absolute Gasteiger partial charge is 0.454 e. The molecule has 3 aromatic rings. The second kappa shape index (κ2) is 8.07. The molecule has 5 heterocycles. The Morgan fingerprint density at radius 1 is 1.16 bits per heavy atom. The maximum absolute atomic E-state index is 6.15. The maximum Gasteiger partial charge on any atom is 0.231 e. The van der Waals surface area contributed by atoms with Gasteiger partial charge in [-0.1, -0.05) is 11.8 Å². The number of anilines is 1. The molecule has 1 aromatic carbocycles. The zero-order valence-electron chi connectivity index (χ0n) is 17.8. The Labute approximate surface area is 199 Å². The Hall–Kier alpha value is -2.04. The standard InChI is InChI=1S/C22H25BrN6O2S/c1-28-13-2-3-14(28)7-12(6-13)4-5-29-21-19(20(24)25-10-26-21)27-22(29)32-18-9-17-16(8-15(18)23)30-11-31-17/h8-10,12-14H,2-7,11H2,1H3,(H2,24,25,26)/t12?,13-,14+. The predicted molar refractivity (Wildman–Crippen MR) is 126 cm³/mol. The minimum absolute atomic E-state index is 0.249. The number of benzene rings is 1. The summed E-state index contributed by atoms with van der Waals surface area (Å²) < 4.78 is 14.2. The van der Waals surface area contributed by atoms with Crippen LogP contribution in [0.15, 0.2) is 33.0 Å². The monoisotopic (exact) mass is 516 g/mol. The first kappa shape index (κ1) is 20.6. The van der Waals surface area contributed by atoms with Gasteiger partial charge in [0.1, 0.15) is 6.33 Å². The van der Waals surface area contributed by atoms with E-state index >= 15 is 0 Å². The molecular weight excluding hydrogens is 492 g/mol. The van der Waals surface area contributed by atoms with Gasteiger partial charge in [0.25, 0.3) is 0 Å². The molecule has 0 amide bonds. The zero-order chi connectivity index (χ0) is 21.8. The highest BCUT2D eigenvalue weighted by Gasteiger charge is 2.38. The predicted octanol–water partition coefficient (Wildman–Crippen LogP) is 4.31. The van der Waals surface area contributed by atoms with Crippen LogP contribution in [-0.2, 0) is 6.54 Å². The van der Waals surface area contributed by atoms with Gasteiger partial charge < -0.3 is 24.7 Å². The summed E-state index contributed by atoms with van der Waals surface area (Å²) in [6.45, 7) is 1.12. The molecule has 10 heteroatoms. The highest BCUT2D eigenvalue weighted by Crippen LogP contribution is 2.44. The normalized spacial score (nSPS) is 24.5. The van der Waals surface area contributed by atoms with Crippen molar-refractivity contribution in [2.24, 2.45) is 5.92 Å². The molecule has 1 unspecified atom stereocenters. The number of nitrogens with zero attached hydrogens (tertiary/aromatic N) is 5. The lowest BCUT2D eigenvalue weighted by Gasteiger charge is -2.36. The fraction of sp³-hybridized carbons (Fsp3) is 0.500. The number of imidazole rings is 1. The topological polar surface area (TPSA) is 91.3 Å². The van der Waals surface area contributed by atoms with E-state index in [4.69, 9.17) is 20.2 Å². The van der Waals surface area contributed by atoms with E-state index < -0.39 is 0 Å². The van der Waals surface area contributed by atoms with Gasteiger partial charge in [-0.05, 0) is 73.1 Å². The van der Waals surface area contributed by atoms with Crippen molar-refractivity contribution >= 4 is 44.7 Å². The van der Waals surface area contributed by atoms with E-state index in [1.165, 1.54) is 32.0 Å². The van der Waals surface area contributed by atoms with Crippen LogP contribution in [0.5, 0.6) is 11.5 Å². The molecule has 3 aliphatic rings. The molecule has 2 N–H and O–H groups in total. The van der Waals surface area contributed by atoms with Crippen LogP contribution in [-0.4, -0.2) is 50.3 Å². The van der Waals surface area contributed by atoms with Crippen LogP contribution in [0.2, 0.25) is 0 Å². The summed E-state index contributed by atoms with van der Waals surface area (Å²) >= 11 is 5.25. The second-order valence-electron chi connectivity index (χ2n) is 8.89. The van der Waals surface area contributed by atoms with Crippen molar-refractivity contribution in [1.82, 2.24) is 24.4 Å². The summed E-state index contributed by atoms with van der Waals surface area (Å²) in [7, 11) is 2.29. The van der Waals surface area contributed by atoms with Crippen molar-refractivity contribution < 1.29 is 9.47 Å². The highest BCUT2D eigenvalue weighted by molar-refractivity contribution is 9.10. The van der Waals surface area contributed by atoms with E-state index in [0.717, 1.165) is 62.6 Å². The fourth-order valence-corrected chi connectivity index (χ4v) is 6.87. The lowest BCUT2D eigenvalue weighted by molar-refractivity contribution is 0.127. The van der Waals surface area contributed by atoms with Crippen LogP contribution >= 0.6 is 27.7 Å². The Kier molecular flexibility index (Phi) is 5.19. The third-order valence-corrected chi connectivity index (χ3v) is 9.08. The van der Waals surface area contributed by atoms with Gasteiger partial charge in [0.2, 0.25) is 6.79 Å². The summed E-state index contributed by atoms with van der Waals surface area (Å²) in [4.78, 5) is 17.1. The van der Waals surface area contributed by atoms with E-state index in [2.05, 4.69) is 42.4 Å². The fourth-order valence-electron chi connectivity index (χ4n) is 5.36. The first-order valence-electron chi connectivity index (χ1n) is 11.0. The van der Waals surface area contributed by atoms with Gasteiger partial charge in [-0.15, -0.1) is 0 Å². The number of hydrogen-bond acceptors (Lipinski definition) is 8. The summed E-state index contributed by atoms with van der Waals surface area (Å²) in [5, 5.41) is 0.864. The first-order chi connectivity index (χ1) is 15.6. The minimum Gasteiger partial charge on any atom is -0.454 e. The van der Waals surface area contributed by atoms with Crippen LogP contribution in [0.3, 0.4) is 0 Å². The summed E-state index contributed by atoms with van der Waals surface area (Å²) in [6, 6.07) is 5.43. The summed E-state index contributed by atoms with van der Waals surface area (Å²) in [6.07, 6.45) is 7.89. The smallest absolute Gasteiger partial charge is 0.231 e. The molecule has 0 radical (unpaired) electrons. The molecule has 0 saturated carbocycles. The molecule has 3 aliphatic heterocycles. The molecule has 2 aromatic heterocycles. The molecular formula is C22H25BrN6O2S. The molecule has 0 spiro atoms. The zero-order valence-corrected chi connectivity index (χ0v) is 20.2. The first-order valence-corrected chi connectivity index (χ1v) is 12.6. The van der Waals surface area contributed by atoms with E-state index in [1.807, 2.05) is 12.1 Å². The molecule has 3 atom stereocenters.